The van der Waals surface area contributed by atoms with E-state index in [1.54, 1.807) is 6.07 Å². The van der Waals surface area contributed by atoms with E-state index in [0.717, 1.165) is 5.56 Å². The van der Waals surface area contributed by atoms with Crippen LogP contribution in [0.2, 0.25) is 5.02 Å². The minimum Gasteiger partial charge on any atom is -0.491 e. The van der Waals surface area contributed by atoms with Crippen LogP contribution in [0.3, 0.4) is 0 Å². The van der Waals surface area contributed by atoms with Crippen LogP contribution in [-0.4, -0.2) is 33.1 Å². The van der Waals surface area contributed by atoms with Crippen molar-refractivity contribution < 1.29 is 13.2 Å². The zero-order chi connectivity index (χ0) is 13.8. The molecule has 0 fully saturated rings. The van der Waals surface area contributed by atoms with Crippen LogP contribution in [-0.2, 0) is 16.3 Å². The van der Waals surface area contributed by atoms with Crippen molar-refractivity contribution in [2.24, 2.45) is 5.73 Å². The van der Waals surface area contributed by atoms with Crippen molar-refractivity contribution in [2.75, 3.05) is 18.6 Å². The fourth-order valence-electron chi connectivity index (χ4n) is 1.52. The predicted molar refractivity (Wildman–Crippen MR) is 74.0 cm³/mol. The third-order valence-electron chi connectivity index (χ3n) is 2.29. The van der Waals surface area contributed by atoms with E-state index in [1.807, 2.05) is 19.1 Å². The number of benzene rings is 1. The molecule has 0 aromatic heterocycles. The minimum atomic E-state index is -3.04. The molecule has 4 nitrogen and oxygen atoms in total. The Kier molecular flexibility index (Phi) is 5.44. The summed E-state index contributed by atoms with van der Waals surface area (Å²) >= 11 is 6.05. The van der Waals surface area contributed by atoms with Gasteiger partial charge in [0.25, 0.3) is 0 Å². The molecule has 0 amide bonds. The molecule has 0 aliphatic heterocycles. The molecule has 0 heterocycles. The summed E-state index contributed by atoms with van der Waals surface area (Å²) in [6.45, 7) is 1.98. The van der Waals surface area contributed by atoms with E-state index in [9.17, 15) is 8.42 Å². The van der Waals surface area contributed by atoms with Gasteiger partial charge in [-0.3, -0.25) is 0 Å². The lowest BCUT2D eigenvalue weighted by molar-refractivity contribution is 0.337. The van der Waals surface area contributed by atoms with E-state index in [1.165, 1.54) is 6.26 Å². The van der Waals surface area contributed by atoms with Gasteiger partial charge >= 0.3 is 0 Å². The van der Waals surface area contributed by atoms with Crippen LogP contribution in [0.15, 0.2) is 18.2 Å². The SMILES string of the molecule is CC(N)Cc1cccc(Cl)c1OCCS(C)(=O)=O. The Labute approximate surface area is 113 Å². The first-order valence-electron chi connectivity index (χ1n) is 5.63. The quantitative estimate of drug-likeness (QED) is 0.865. The van der Waals surface area contributed by atoms with E-state index in [2.05, 4.69) is 0 Å². The van der Waals surface area contributed by atoms with Crippen LogP contribution in [0.4, 0.5) is 0 Å². The molecule has 1 aromatic rings. The van der Waals surface area contributed by atoms with E-state index in [-0.39, 0.29) is 18.4 Å². The van der Waals surface area contributed by atoms with Gasteiger partial charge in [-0.1, -0.05) is 23.7 Å². The van der Waals surface area contributed by atoms with Crippen LogP contribution in [0.25, 0.3) is 0 Å². The summed E-state index contributed by atoms with van der Waals surface area (Å²) in [4.78, 5) is 0. The maximum Gasteiger partial charge on any atom is 0.150 e. The van der Waals surface area contributed by atoms with Crippen LogP contribution in [0, 0.1) is 0 Å². The van der Waals surface area contributed by atoms with Crippen molar-refractivity contribution in [3.63, 3.8) is 0 Å². The molecule has 0 radical (unpaired) electrons. The number of hydrogen-bond acceptors (Lipinski definition) is 4. The molecule has 6 heteroatoms. The van der Waals surface area contributed by atoms with E-state index >= 15 is 0 Å². The molecule has 0 aliphatic carbocycles. The molecule has 1 atom stereocenters. The van der Waals surface area contributed by atoms with Gasteiger partial charge < -0.3 is 10.5 Å². The summed E-state index contributed by atoms with van der Waals surface area (Å²) in [5, 5.41) is 0.474. The number of rotatable bonds is 6. The summed E-state index contributed by atoms with van der Waals surface area (Å²) < 4.78 is 27.6. The molecule has 2 N–H and O–H groups in total. The smallest absolute Gasteiger partial charge is 0.150 e. The lowest BCUT2D eigenvalue weighted by Gasteiger charge is -2.14. The van der Waals surface area contributed by atoms with Gasteiger partial charge in [0.1, 0.15) is 12.4 Å². The van der Waals surface area contributed by atoms with Gasteiger partial charge in [-0.2, -0.15) is 0 Å². The molecular weight excluding hydrogens is 274 g/mol. The summed E-state index contributed by atoms with van der Waals surface area (Å²) in [5.41, 5.74) is 6.64. The molecule has 1 unspecified atom stereocenters. The van der Waals surface area contributed by atoms with Crippen LogP contribution >= 0.6 is 11.6 Å². The van der Waals surface area contributed by atoms with Crippen molar-refractivity contribution in [3.05, 3.63) is 28.8 Å². The number of nitrogens with two attached hydrogens (primary N) is 1. The van der Waals surface area contributed by atoms with Crippen molar-refractivity contribution in [1.29, 1.82) is 0 Å². The molecule has 0 saturated heterocycles. The van der Waals surface area contributed by atoms with Gasteiger partial charge in [-0.25, -0.2) is 8.42 Å². The maximum absolute atomic E-state index is 11.0. The first-order valence-corrected chi connectivity index (χ1v) is 8.07. The first-order chi connectivity index (χ1) is 8.29. The molecule has 0 bridgehead atoms. The number of ether oxygens (including phenoxy) is 1. The Morgan fingerprint density at radius 1 is 1.44 bits per heavy atom. The maximum atomic E-state index is 11.0. The van der Waals surface area contributed by atoms with Gasteiger partial charge in [0.15, 0.2) is 9.84 Å². The summed E-state index contributed by atoms with van der Waals surface area (Å²) in [7, 11) is -3.04. The van der Waals surface area contributed by atoms with Crippen molar-refractivity contribution >= 4 is 21.4 Å². The Bertz CT molecular complexity index is 500. The van der Waals surface area contributed by atoms with E-state index < -0.39 is 9.84 Å². The molecule has 0 spiro atoms. The summed E-state index contributed by atoms with van der Waals surface area (Å²) in [6, 6.07) is 5.40. The average Bonchev–Trinajstić information content (AvgIpc) is 2.19. The van der Waals surface area contributed by atoms with Crippen molar-refractivity contribution in [3.8, 4) is 5.75 Å². The van der Waals surface area contributed by atoms with Crippen LogP contribution in [0.1, 0.15) is 12.5 Å². The third-order valence-corrected chi connectivity index (χ3v) is 3.50. The highest BCUT2D eigenvalue weighted by molar-refractivity contribution is 7.90. The molecule has 102 valence electrons. The molecule has 0 aliphatic rings. The second-order valence-electron chi connectivity index (χ2n) is 4.39. The monoisotopic (exact) mass is 291 g/mol. The lowest BCUT2D eigenvalue weighted by Crippen LogP contribution is -2.19. The van der Waals surface area contributed by atoms with Crippen molar-refractivity contribution in [1.82, 2.24) is 0 Å². The fraction of sp³-hybridized carbons (Fsp3) is 0.500. The van der Waals surface area contributed by atoms with Crippen LogP contribution in [0.5, 0.6) is 5.75 Å². The van der Waals surface area contributed by atoms with E-state index in [0.29, 0.717) is 17.2 Å². The zero-order valence-electron chi connectivity index (χ0n) is 10.5. The lowest BCUT2D eigenvalue weighted by atomic mass is 10.1. The number of hydrogen-bond donors (Lipinski definition) is 1. The largest absolute Gasteiger partial charge is 0.491 e. The van der Waals surface area contributed by atoms with Gasteiger partial charge in [0.2, 0.25) is 0 Å². The second-order valence-corrected chi connectivity index (χ2v) is 7.05. The number of sulfone groups is 1. The van der Waals surface area contributed by atoms with Gasteiger partial charge in [0, 0.05) is 12.3 Å². The summed E-state index contributed by atoms with van der Waals surface area (Å²) in [6.07, 6.45) is 1.81. The highest BCUT2D eigenvalue weighted by atomic mass is 35.5. The van der Waals surface area contributed by atoms with E-state index in [4.69, 9.17) is 22.1 Å². The Morgan fingerprint density at radius 3 is 2.67 bits per heavy atom. The molecule has 1 aromatic carbocycles. The minimum absolute atomic E-state index is 0.0132. The predicted octanol–water partition coefficient (Wildman–Crippen LogP) is 1.65. The normalized spacial score (nSPS) is 13.3. The molecular formula is C12H18ClNO3S. The van der Waals surface area contributed by atoms with Crippen molar-refractivity contribution in [2.45, 2.75) is 19.4 Å². The highest BCUT2D eigenvalue weighted by Gasteiger charge is 2.11. The van der Waals surface area contributed by atoms with Gasteiger partial charge in [0.05, 0.1) is 10.8 Å². The number of halogens is 1. The second kappa shape index (κ2) is 6.41. The Balaban J connectivity index is 2.79. The first kappa shape index (κ1) is 15.3. The Morgan fingerprint density at radius 2 is 2.11 bits per heavy atom. The Hall–Kier alpha value is -0.780. The standard InChI is InChI=1S/C12H18ClNO3S/c1-9(14)8-10-4-3-5-11(13)12(10)17-6-7-18(2,15)16/h3-5,9H,6-8,14H2,1-2H3. The van der Waals surface area contributed by atoms with Crippen LogP contribution < -0.4 is 10.5 Å². The molecule has 0 saturated carbocycles. The van der Waals surface area contributed by atoms with Gasteiger partial charge in [-0.05, 0) is 25.0 Å². The highest BCUT2D eigenvalue weighted by Crippen LogP contribution is 2.29. The molecule has 18 heavy (non-hydrogen) atoms. The third kappa shape index (κ3) is 5.25. The summed E-state index contributed by atoms with van der Waals surface area (Å²) in [5.74, 6) is 0.496. The fourth-order valence-corrected chi connectivity index (χ4v) is 2.15. The average molecular weight is 292 g/mol. The van der Waals surface area contributed by atoms with Gasteiger partial charge in [-0.15, -0.1) is 0 Å². The molecule has 1 rings (SSSR count). The number of para-hydroxylation sites is 1. The zero-order valence-corrected chi connectivity index (χ0v) is 12.1. The topological polar surface area (TPSA) is 69.4 Å².